The van der Waals surface area contributed by atoms with Gasteiger partial charge in [-0.15, -0.1) is 0 Å². The Morgan fingerprint density at radius 2 is 1.92 bits per heavy atom. The van der Waals surface area contributed by atoms with E-state index in [1.165, 1.54) is 0 Å². The van der Waals surface area contributed by atoms with E-state index in [9.17, 15) is 4.79 Å². The molecule has 13 heavy (non-hydrogen) atoms. The minimum Gasteiger partial charge on any atom is -0.384 e. The van der Waals surface area contributed by atoms with Gasteiger partial charge < -0.3 is 10.1 Å². The van der Waals surface area contributed by atoms with Crippen LogP contribution >= 0.6 is 0 Å². The molecular weight excluding hydrogens is 162 g/mol. The normalized spacial score (nSPS) is 10.9. The average Bonchev–Trinajstić information content (AvgIpc) is 2.17. The Bertz CT molecular complexity index is 267. The Morgan fingerprint density at radius 3 is 2.46 bits per heavy atom. The number of nitrogens with one attached hydrogen (secondary N) is 1. The average molecular weight is 177 g/mol. The van der Waals surface area contributed by atoms with Crippen LogP contribution in [-0.4, -0.2) is 12.8 Å². The van der Waals surface area contributed by atoms with Crippen molar-refractivity contribution in [3.05, 3.63) is 30.3 Å². The van der Waals surface area contributed by atoms with Crippen molar-refractivity contribution in [2.45, 2.75) is 13.8 Å². The minimum atomic E-state index is -0.296. The van der Waals surface area contributed by atoms with Crippen LogP contribution in [0.1, 0.15) is 13.8 Å². The number of carbonyl (C=O) groups excluding carboxylic acids is 1. The second-order valence-corrected chi connectivity index (χ2v) is 3.83. The number of hydrogen-bond acceptors (Lipinski definition) is 2. The van der Waals surface area contributed by atoms with E-state index in [0.717, 1.165) is 12.0 Å². The maximum absolute atomic E-state index is 10.6. The summed E-state index contributed by atoms with van der Waals surface area (Å²) in [6.07, 6.45) is 0.975. The molecule has 0 amide bonds. The van der Waals surface area contributed by atoms with E-state index in [2.05, 4.69) is 5.32 Å². The smallest absolute Gasteiger partial charge is 0.127 e. The van der Waals surface area contributed by atoms with Crippen LogP contribution in [0.25, 0.3) is 0 Å². The van der Waals surface area contributed by atoms with Crippen LogP contribution in [0.15, 0.2) is 30.3 Å². The molecule has 0 aromatic heterocycles. The second-order valence-electron chi connectivity index (χ2n) is 3.83. The molecule has 0 aliphatic carbocycles. The fourth-order valence-corrected chi connectivity index (χ4v) is 0.928. The Hall–Kier alpha value is -1.31. The van der Waals surface area contributed by atoms with Crippen molar-refractivity contribution in [3.63, 3.8) is 0 Å². The van der Waals surface area contributed by atoms with Crippen molar-refractivity contribution in [3.8, 4) is 0 Å². The van der Waals surface area contributed by atoms with Gasteiger partial charge in [0, 0.05) is 17.6 Å². The summed E-state index contributed by atoms with van der Waals surface area (Å²) in [5, 5.41) is 3.20. The van der Waals surface area contributed by atoms with Crippen LogP contribution < -0.4 is 5.32 Å². The molecule has 2 heteroatoms. The zero-order chi connectivity index (χ0) is 9.73. The quantitative estimate of drug-likeness (QED) is 0.715. The molecule has 0 spiro atoms. The fourth-order valence-electron chi connectivity index (χ4n) is 0.928. The molecule has 0 fully saturated rings. The van der Waals surface area contributed by atoms with E-state index in [0.29, 0.717) is 6.54 Å². The van der Waals surface area contributed by atoms with Gasteiger partial charge in [-0.1, -0.05) is 32.0 Å². The maximum atomic E-state index is 10.6. The van der Waals surface area contributed by atoms with Crippen LogP contribution in [0.2, 0.25) is 0 Å². The molecule has 0 radical (unpaired) electrons. The zero-order valence-electron chi connectivity index (χ0n) is 8.08. The van der Waals surface area contributed by atoms with Crippen molar-refractivity contribution < 1.29 is 4.79 Å². The Balaban J connectivity index is 2.48. The molecular formula is C11H15NO. The fraction of sp³-hybridized carbons (Fsp3) is 0.364. The number of rotatable bonds is 4. The Morgan fingerprint density at radius 1 is 1.31 bits per heavy atom. The van der Waals surface area contributed by atoms with Gasteiger partial charge in [0.05, 0.1) is 0 Å². The lowest BCUT2D eigenvalue weighted by Gasteiger charge is -2.17. The summed E-state index contributed by atoms with van der Waals surface area (Å²) in [7, 11) is 0. The molecule has 1 rings (SSSR count). The first-order chi connectivity index (χ1) is 6.14. The highest BCUT2D eigenvalue weighted by Crippen LogP contribution is 2.13. The van der Waals surface area contributed by atoms with Gasteiger partial charge in [-0.05, 0) is 12.1 Å². The summed E-state index contributed by atoms with van der Waals surface area (Å²) < 4.78 is 0. The molecule has 1 aromatic rings. The largest absolute Gasteiger partial charge is 0.384 e. The standard InChI is InChI=1S/C11H15NO/c1-11(2,9-13)8-12-10-6-4-3-5-7-10/h3-7,9,12H,8H2,1-2H3. The number of hydrogen-bond donors (Lipinski definition) is 1. The first-order valence-electron chi connectivity index (χ1n) is 4.39. The van der Waals surface area contributed by atoms with Crippen LogP contribution in [0, 0.1) is 5.41 Å². The predicted molar refractivity (Wildman–Crippen MR) is 54.8 cm³/mol. The Labute approximate surface area is 79.0 Å². The van der Waals surface area contributed by atoms with Crippen LogP contribution in [-0.2, 0) is 4.79 Å². The van der Waals surface area contributed by atoms with Crippen molar-refractivity contribution in [2.75, 3.05) is 11.9 Å². The Kier molecular flexibility index (Phi) is 3.07. The summed E-state index contributed by atoms with van der Waals surface area (Å²) in [5.74, 6) is 0. The topological polar surface area (TPSA) is 29.1 Å². The lowest BCUT2D eigenvalue weighted by atomic mass is 9.96. The molecule has 0 atom stereocenters. The van der Waals surface area contributed by atoms with Crippen molar-refractivity contribution in [1.82, 2.24) is 0 Å². The summed E-state index contributed by atoms with van der Waals surface area (Å²) in [6.45, 7) is 4.49. The third-order valence-corrected chi connectivity index (χ3v) is 1.84. The van der Waals surface area contributed by atoms with Crippen LogP contribution in [0.3, 0.4) is 0 Å². The van der Waals surface area contributed by atoms with E-state index >= 15 is 0 Å². The summed E-state index contributed by atoms with van der Waals surface area (Å²) in [6, 6.07) is 9.88. The third-order valence-electron chi connectivity index (χ3n) is 1.84. The summed E-state index contributed by atoms with van der Waals surface area (Å²) in [4.78, 5) is 10.6. The van der Waals surface area contributed by atoms with E-state index in [-0.39, 0.29) is 5.41 Å². The monoisotopic (exact) mass is 177 g/mol. The lowest BCUT2D eigenvalue weighted by Crippen LogP contribution is -2.24. The summed E-state index contributed by atoms with van der Waals surface area (Å²) in [5.41, 5.74) is 0.757. The molecule has 0 aliphatic heterocycles. The lowest BCUT2D eigenvalue weighted by molar-refractivity contribution is -0.114. The maximum Gasteiger partial charge on any atom is 0.127 e. The van der Waals surface area contributed by atoms with E-state index in [1.54, 1.807) is 0 Å². The van der Waals surface area contributed by atoms with Crippen LogP contribution in [0.4, 0.5) is 5.69 Å². The second kappa shape index (κ2) is 4.08. The van der Waals surface area contributed by atoms with Gasteiger partial charge in [-0.25, -0.2) is 0 Å². The van der Waals surface area contributed by atoms with Crippen LogP contribution in [0.5, 0.6) is 0 Å². The van der Waals surface area contributed by atoms with Crippen molar-refractivity contribution >= 4 is 12.0 Å². The minimum absolute atomic E-state index is 0.296. The molecule has 70 valence electrons. The van der Waals surface area contributed by atoms with Gasteiger partial charge in [0.2, 0.25) is 0 Å². The molecule has 0 bridgehead atoms. The zero-order valence-corrected chi connectivity index (χ0v) is 8.08. The van der Waals surface area contributed by atoms with Crippen molar-refractivity contribution in [2.24, 2.45) is 5.41 Å². The van der Waals surface area contributed by atoms with Gasteiger partial charge in [-0.3, -0.25) is 0 Å². The third kappa shape index (κ3) is 3.28. The molecule has 0 aliphatic rings. The highest BCUT2D eigenvalue weighted by atomic mass is 16.1. The highest BCUT2D eigenvalue weighted by molar-refractivity contribution is 5.59. The van der Waals surface area contributed by atoms with Gasteiger partial charge in [0.1, 0.15) is 6.29 Å². The van der Waals surface area contributed by atoms with E-state index in [4.69, 9.17) is 0 Å². The van der Waals surface area contributed by atoms with Gasteiger partial charge in [-0.2, -0.15) is 0 Å². The molecule has 0 unspecified atom stereocenters. The number of benzene rings is 1. The first-order valence-corrected chi connectivity index (χ1v) is 4.39. The molecule has 2 nitrogen and oxygen atoms in total. The predicted octanol–water partition coefficient (Wildman–Crippen LogP) is 2.32. The highest BCUT2D eigenvalue weighted by Gasteiger charge is 2.15. The molecule has 0 saturated heterocycles. The van der Waals surface area contributed by atoms with Gasteiger partial charge in [0.15, 0.2) is 0 Å². The van der Waals surface area contributed by atoms with E-state index < -0.39 is 0 Å². The molecule has 0 heterocycles. The number of para-hydroxylation sites is 1. The summed E-state index contributed by atoms with van der Waals surface area (Å²) >= 11 is 0. The number of anilines is 1. The first kappa shape index (κ1) is 9.78. The number of aldehydes is 1. The molecule has 1 aromatic carbocycles. The number of carbonyl (C=O) groups is 1. The molecule has 0 saturated carbocycles. The van der Waals surface area contributed by atoms with E-state index in [1.807, 2.05) is 44.2 Å². The van der Waals surface area contributed by atoms with Gasteiger partial charge >= 0.3 is 0 Å². The van der Waals surface area contributed by atoms with Crippen molar-refractivity contribution in [1.29, 1.82) is 0 Å². The SMILES string of the molecule is CC(C)(C=O)CNc1ccccc1. The van der Waals surface area contributed by atoms with Gasteiger partial charge in [0.25, 0.3) is 0 Å². The molecule has 1 N–H and O–H groups in total.